The fourth-order valence-electron chi connectivity index (χ4n) is 1.92. The molecule has 3 N–H and O–H groups in total. The molecule has 0 saturated heterocycles. The van der Waals surface area contributed by atoms with Crippen molar-refractivity contribution in [3.05, 3.63) is 48.0 Å². The van der Waals surface area contributed by atoms with Gasteiger partial charge in [0.05, 0.1) is 6.61 Å². The molecule has 0 aliphatic heterocycles. The van der Waals surface area contributed by atoms with Crippen LogP contribution in [0.15, 0.2) is 42.5 Å². The van der Waals surface area contributed by atoms with Gasteiger partial charge < -0.3 is 25.2 Å². The number of phenolic OH excluding ortho intramolecular Hbond substituents is 1. The molecule has 7 heteroatoms. The molecule has 0 bridgehead atoms. The number of rotatable bonds is 4. The second kappa shape index (κ2) is 7.87. The Balaban J connectivity index is 1.93. The van der Waals surface area contributed by atoms with Crippen LogP contribution >= 0.6 is 0 Å². The Morgan fingerprint density at radius 2 is 1.79 bits per heavy atom. The summed E-state index contributed by atoms with van der Waals surface area (Å²) >= 11 is 0. The fraction of sp³-hybridized carbons (Fsp3) is 0.176. The average molecular weight is 330 g/mol. The van der Waals surface area contributed by atoms with Crippen molar-refractivity contribution < 1.29 is 24.2 Å². The van der Waals surface area contributed by atoms with Gasteiger partial charge in [-0.25, -0.2) is 9.59 Å². The van der Waals surface area contributed by atoms with E-state index in [1.807, 2.05) is 0 Å². The third-order valence-electron chi connectivity index (χ3n) is 3.03. The summed E-state index contributed by atoms with van der Waals surface area (Å²) in [6.07, 6.45) is -0.779. The first-order valence-electron chi connectivity index (χ1n) is 7.30. The predicted molar refractivity (Wildman–Crippen MR) is 89.6 cm³/mol. The molecule has 24 heavy (non-hydrogen) atoms. The standard InChI is InChI=1S/C17H18N2O5/c1-3-23-17(22)24-14-7-4-12(5-8-14)18-16(21)19-15-9-6-13(20)10-11(15)2/h4-10,20H,3H2,1-2H3,(H2,18,19,21). The lowest BCUT2D eigenvalue weighted by atomic mass is 10.2. The highest BCUT2D eigenvalue weighted by Crippen LogP contribution is 2.21. The van der Waals surface area contributed by atoms with Gasteiger partial charge in [-0.15, -0.1) is 0 Å². The van der Waals surface area contributed by atoms with Crippen LogP contribution in [0, 0.1) is 6.92 Å². The summed E-state index contributed by atoms with van der Waals surface area (Å²) in [5.74, 6) is 0.449. The maximum atomic E-state index is 12.0. The van der Waals surface area contributed by atoms with Crippen LogP contribution in [0.4, 0.5) is 21.0 Å². The van der Waals surface area contributed by atoms with Gasteiger partial charge in [0.2, 0.25) is 0 Å². The first kappa shape index (κ1) is 17.1. The summed E-state index contributed by atoms with van der Waals surface area (Å²) in [6, 6.07) is 10.5. The smallest absolute Gasteiger partial charge is 0.508 e. The summed E-state index contributed by atoms with van der Waals surface area (Å²) in [5.41, 5.74) is 1.86. The molecule has 0 radical (unpaired) electrons. The summed E-state index contributed by atoms with van der Waals surface area (Å²) in [6.45, 7) is 3.69. The van der Waals surface area contributed by atoms with Crippen molar-refractivity contribution in [1.82, 2.24) is 0 Å². The Morgan fingerprint density at radius 3 is 2.42 bits per heavy atom. The monoisotopic (exact) mass is 330 g/mol. The van der Waals surface area contributed by atoms with Gasteiger partial charge >= 0.3 is 12.2 Å². The summed E-state index contributed by atoms with van der Waals surface area (Å²) in [4.78, 5) is 23.2. The number of hydrogen-bond acceptors (Lipinski definition) is 5. The number of amides is 2. The number of phenols is 1. The van der Waals surface area contributed by atoms with E-state index in [4.69, 9.17) is 4.74 Å². The van der Waals surface area contributed by atoms with E-state index in [1.165, 1.54) is 6.07 Å². The van der Waals surface area contributed by atoms with E-state index in [-0.39, 0.29) is 12.4 Å². The Labute approximate surface area is 139 Å². The quantitative estimate of drug-likeness (QED) is 0.449. The van der Waals surface area contributed by atoms with Crippen LogP contribution in [0.5, 0.6) is 11.5 Å². The topological polar surface area (TPSA) is 96.9 Å². The van der Waals surface area contributed by atoms with Gasteiger partial charge in [-0.05, 0) is 61.9 Å². The van der Waals surface area contributed by atoms with Crippen LogP contribution in [-0.4, -0.2) is 23.9 Å². The van der Waals surface area contributed by atoms with Gasteiger partial charge in [-0.3, -0.25) is 0 Å². The van der Waals surface area contributed by atoms with E-state index < -0.39 is 12.2 Å². The average Bonchev–Trinajstić information content (AvgIpc) is 2.52. The molecule has 0 aromatic heterocycles. The largest absolute Gasteiger partial charge is 0.513 e. The minimum atomic E-state index is -0.779. The molecular weight excluding hydrogens is 312 g/mol. The molecule has 0 heterocycles. The molecular formula is C17H18N2O5. The molecule has 2 rings (SSSR count). The summed E-state index contributed by atoms with van der Waals surface area (Å²) in [5, 5.41) is 14.7. The zero-order chi connectivity index (χ0) is 17.5. The predicted octanol–water partition coefficient (Wildman–Crippen LogP) is 3.88. The van der Waals surface area contributed by atoms with E-state index in [2.05, 4.69) is 15.4 Å². The third-order valence-corrected chi connectivity index (χ3v) is 3.03. The molecule has 0 unspecified atom stereocenters. The number of anilines is 2. The number of nitrogens with one attached hydrogen (secondary N) is 2. The van der Waals surface area contributed by atoms with E-state index >= 15 is 0 Å². The number of hydrogen-bond donors (Lipinski definition) is 3. The van der Waals surface area contributed by atoms with Crippen LogP contribution in [0.1, 0.15) is 12.5 Å². The van der Waals surface area contributed by atoms with Crippen molar-refractivity contribution in [2.24, 2.45) is 0 Å². The number of aromatic hydroxyl groups is 1. The zero-order valence-electron chi connectivity index (χ0n) is 13.3. The van der Waals surface area contributed by atoms with Gasteiger partial charge in [0.25, 0.3) is 0 Å². The van der Waals surface area contributed by atoms with Crippen molar-refractivity contribution >= 4 is 23.6 Å². The van der Waals surface area contributed by atoms with Crippen molar-refractivity contribution in [3.63, 3.8) is 0 Å². The minimum Gasteiger partial charge on any atom is -0.508 e. The van der Waals surface area contributed by atoms with Crippen molar-refractivity contribution in [3.8, 4) is 11.5 Å². The van der Waals surface area contributed by atoms with Crippen LogP contribution in [-0.2, 0) is 4.74 Å². The number of urea groups is 1. The van der Waals surface area contributed by atoms with Gasteiger partial charge in [0.1, 0.15) is 11.5 Å². The SMILES string of the molecule is CCOC(=O)Oc1ccc(NC(=O)Nc2ccc(O)cc2C)cc1. The maximum Gasteiger partial charge on any atom is 0.513 e. The number of ether oxygens (including phenoxy) is 2. The molecule has 2 aromatic carbocycles. The van der Waals surface area contributed by atoms with Gasteiger partial charge in [0.15, 0.2) is 0 Å². The first-order valence-corrected chi connectivity index (χ1v) is 7.30. The Bertz CT molecular complexity index is 728. The van der Waals surface area contributed by atoms with E-state index in [9.17, 15) is 14.7 Å². The van der Waals surface area contributed by atoms with Crippen molar-refractivity contribution in [1.29, 1.82) is 0 Å². The zero-order valence-corrected chi connectivity index (χ0v) is 13.3. The lowest BCUT2D eigenvalue weighted by Gasteiger charge is -2.10. The van der Waals surface area contributed by atoms with E-state index in [0.717, 1.165) is 5.56 Å². The normalized spacial score (nSPS) is 9.92. The Morgan fingerprint density at radius 1 is 1.08 bits per heavy atom. The van der Waals surface area contributed by atoms with Crippen molar-refractivity contribution in [2.45, 2.75) is 13.8 Å². The molecule has 0 aliphatic carbocycles. The van der Waals surface area contributed by atoms with Crippen LogP contribution in [0.2, 0.25) is 0 Å². The van der Waals surface area contributed by atoms with Crippen molar-refractivity contribution in [2.75, 3.05) is 17.2 Å². The Kier molecular flexibility index (Phi) is 5.62. The molecule has 0 spiro atoms. The van der Waals surface area contributed by atoms with Crippen LogP contribution in [0.25, 0.3) is 0 Å². The second-order valence-corrected chi connectivity index (χ2v) is 4.89. The second-order valence-electron chi connectivity index (χ2n) is 4.89. The highest BCUT2D eigenvalue weighted by atomic mass is 16.7. The van der Waals surface area contributed by atoms with Crippen LogP contribution in [0.3, 0.4) is 0 Å². The molecule has 2 aromatic rings. The lowest BCUT2D eigenvalue weighted by molar-refractivity contribution is 0.104. The first-order chi connectivity index (χ1) is 11.5. The molecule has 7 nitrogen and oxygen atoms in total. The maximum absolute atomic E-state index is 12.0. The summed E-state index contributed by atoms with van der Waals surface area (Å²) < 4.78 is 9.59. The molecule has 0 atom stereocenters. The molecule has 0 fully saturated rings. The van der Waals surface area contributed by atoms with Gasteiger partial charge in [-0.2, -0.15) is 0 Å². The molecule has 0 aliphatic rings. The van der Waals surface area contributed by atoms with Gasteiger partial charge in [0, 0.05) is 11.4 Å². The fourth-order valence-corrected chi connectivity index (χ4v) is 1.92. The third kappa shape index (κ3) is 4.91. The molecule has 2 amide bonds. The Hall–Kier alpha value is -3.22. The molecule has 126 valence electrons. The number of aryl methyl sites for hydroxylation is 1. The summed E-state index contributed by atoms with van der Waals surface area (Å²) in [7, 11) is 0. The molecule has 0 saturated carbocycles. The number of benzene rings is 2. The minimum absolute atomic E-state index is 0.135. The van der Waals surface area contributed by atoms with E-state index in [1.54, 1.807) is 50.2 Å². The highest BCUT2D eigenvalue weighted by Gasteiger charge is 2.07. The lowest BCUT2D eigenvalue weighted by Crippen LogP contribution is -2.19. The van der Waals surface area contributed by atoms with Gasteiger partial charge in [-0.1, -0.05) is 0 Å². The number of carbonyl (C=O) groups is 2. The number of carbonyl (C=O) groups excluding carboxylic acids is 2. The van der Waals surface area contributed by atoms with Crippen LogP contribution < -0.4 is 15.4 Å². The highest BCUT2D eigenvalue weighted by molar-refractivity contribution is 6.00. The van der Waals surface area contributed by atoms with E-state index in [0.29, 0.717) is 17.1 Å².